The molecule has 0 aliphatic rings. The lowest BCUT2D eigenvalue weighted by atomic mass is 10.1. The largest absolute Gasteiger partial charge is 0.504 e. The van der Waals surface area contributed by atoms with E-state index >= 15 is 0 Å². The van der Waals surface area contributed by atoms with E-state index < -0.39 is 0 Å². The Bertz CT molecular complexity index is 406. The van der Waals surface area contributed by atoms with Gasteiger partial charge >= 0.3 is 0 Å². The van der Waals surface area contributed by atoms with Gasteiger partial charge in [0, 0.05) is 18.7 Å². The summed E-state index contributed by atoms with van der Waals surface area (Å²) >= 11 is 0. The van der Waals surface area contributed by atoms with Crippen LogP contribution >= 0.6 is 0 Å². The lowest BCUT2D eigenvalue weighted by Gasteiger charge is -2.08. The van der Waals surface area contributed by atoms with E-state index in [4.69, 9.17) is 10.2 Å². The van der Waals surface area contributed by atoms with Crippen molar-refractivity contribution in [1.29, 1.82) is 0 Å². The fourth-order valence-corrected chi connectivity index (χ4v) is 1.51. The van der Waals surface area contributed by atoms with Crippen molar-refractivity contribution in [3.05, 3.63) is 23.8 Å². The van der Waals surface area contributed by atoms with Crippen molar-refractivity contribution < 1.29 is 20.1 Å². The monoisotopic (exact) mass is 253 g/mol. The number of benzene rings is 1. The number of phenolic OH excluding ortho intramolecular Hbond substituents is 2. The summed E-state index contributed by atoms with van der Waals surface area (Å²) in [5, 5.41) is 29.9. The predicted octanol–water partition coefficient (Wildman–Crippen LogP) is 1.24. The molecule has 1 amide bonds. The number of amides is 1. The van der Waals surface area contributed by atoms with Gasteiger partial charge in [0.25, 0.3) is 5.91 Å². The molecule has 5 heteroatoms. The standard InChI is InChI=1S/C13H19NO4/c1-9(8-15)3-2-6-14-13(18)10-4-5-11(16)12(17)7-10/h4-5,7,9,15-17H,2-3,6,8H2,1H3,(H,14,18). The molecule has 0 heterocycles. The molecule has 4 N–H and O–H groups in total. The third-order valence-corrected chi connectivity index (χ3v) is 2.71. The smallest absolute Gasteiger partial charge is 0.251 e. The predicted molar refractivity (Wildman–Crippen MR) is 67.6 cm³/mol. The van der Waals surface area contributed by atoms with E-state index in [1.807, 2.05) is 6.92 Å². The van der Waals surface area contributed by atoms with E-state index in [0.717, 1.165) is 12.8 Å². The van der Waals surface area contributed by atoms with Crippen LogP contribution in [-0.2, 0) is 0 Å². The Morgan fingerprint density at radius 2 is 2.06 bits per heavy atom. The zero-order valence-corrected chi connectivity index (χ0v) is 10.4. The van der Waals surface area contributed by atoms with Gasteiger partial charge in [-0.15, -0.1) is 0 Å². The summed E-state index contributed by atoms with van der Waals surface area (Å²) in [7, 11) is 0. The van der Waals surface area contributed by atoms with Gasteiger partial charge in [-0.1, -0.05) is 6.92 Å². The van der Waals surface area contributed by atoms with E-state index in [1.165, 1.54) is 18.2 Å². The molecule has 0 saturated carbocycles. The van der Waals surface area contributed by atoms with Crippen molar-refractivity contribution in [2.24, 2.45) is 5.92 Å². The Morgan fingerprint density at radius 1 is 1.33 bits per heavy atom. The van der Waals surface area contributed by atoms with Crippen molar-refractivity contribution in [3.63, 3.8) is 0 Å². The molecule has 0 radical (unpaired) electrons. The number of hydrogen-bond acceptors (Lipinski definition) is 4. The molecule has 5 nitrogen and oxygen atoms in total. The lowest BCUT2D eigenvalue weighted by molar-refractivity contribution is 0.0951. The number of hydrogen-bond donors (Lipinski definition) is 4. The maximum absolute atomic E-state index is 11.7. The minimum atomic E-state index is -0.309. The molecular formula is C13H19NO4. The second-order valence-corrected chi connectivity index (χ2v) is 4.39. The molecule has 0 aliphatic carbocycles. The molecule has 0 aliphatic heterocycles. The van der Waals surface area contributed by atoms with Crippen molar-refractivity contribution in [2.45, 2.75) is 19.8 Å². The van der Waals surface area contributed by atoms with Gasteiger partial charge < -0.3 is 20.6 Å². The number of rotatable bonds is 6. The molecule has 1 unspecified atom stereocenters. The number of aliphatic hydroxyl groups is 1. The summed E-state index contributed by atoms with van der Waals surface area (Å²) < 4.78 is 0. The molecule has 0 spiro atoms. The fraction of sp³-hybridized carbons (Fsp3) is 0.462. The molecular weight excluding hydrogens is 234 g/mol. The van der Waals surface area contributed by atoms with Gasteiger partial charge in [0.1, 0.15) is 0 Å². The summed E-state index contributed by atoms with van der Waals surface area (Å²) in [4.78, 5) is 11.7. The highest BCUT2D eigenvalue weighted by molar-refractivity contribution is 5.94. The van der Waals surface area contributed by atoms with Crippen molar-refractivity contribution in [3.8, 4) is 11.5 Å². The Labute approximate surface area is 106 Å². The first-order valence-corrected chi connectivity index (χ1v) is 5.95. The minimum absolute atomic E-state index is 0.153. The molecule has 1 rings (SSSR count). The molecule has 0 fully saturated rings. The molecule has 0 aromatic heterocycles. The zero-order chi connectivity index (χ0) is 13.5. The molecule has 0 bridgehead atoms. The molecule has 1 atom stereocenters. The molecule has 0 saturated heterocycles. The Kier molecular flexibility index (Phi) is 5.45. The summed E-state index contributed by atoms with van der Waals surface area (Å²) in [5.74, 6) is -0.610. The highest BCUT2D eigenvalue weighted by Gasteiger charge is 2.08. The van der Waals surface area contributed by atoms with Crippen molar-refractivity contribution in [2.75, 3.05) is 13.2 Å². The van der Waals surface area contributed by atoms with Gasteiger partial charge in [-0.2, -0.15) is 0 Å². The van der Waals surface area contributed by atoms with Gasteiger partial charge in [0.05, 0.1) is 0 Å². The maximum atomic E-state index is 11.7. The summed E-state index contributed by atoms with van der Waals surface area (Å²) in [5.41, 5.74) is 0.306. The van der Waals surface area contributed by atoms with E-state index in [9.17, 15) is 9.90 Å². The first kappa shape index (κ1) is 14.3. The van der Waals surface area contributed by atoms with Crippen LogP contribution in [0.25, 0.3) is 0 Å². The third-order valence-electron chi connectivity index (χ3n) is 2.71. The zero-order valence-electron chi connectivity index (χ0n) is 10.4. The van der Waals surface area contributed by atoms with Crippen LogP contribution in [0.5, 0.6) is 11.5 Å². The SMILES string of the molecule is CC(CO)CCCNC(=O)c1ccc(O)c(O)c1. The topological polar surface area (TPSA) is 89.8 Å². The Morgan fingerprint density at radius 3 is 2.67 bits per heavy atom. The molecule has 1 aromatic rings. The second-order valence-electron chi connectivity index (χ2n) is 4.39. The normalized spacial score (nSPS) is 12.1. The Balaban J connectivity index is 2.39. The number of carbonyl (C=O) groups is 1. The molecule has 100 valence electrons. The van der Waals surface area contributed by atoms with Crippen LogP contribution in [0.4, 0.5) is 0 Å². The van der Waals surface area contributed by atoms with Crippen LogP contribution in [-0.4, -0.2) is 34.4 Å². The first-order chi connectivity index (χ1) is 8.54. The van der Waals surface area contributed by atoms with Gasteiger partial charge in [0.2, 0.25) is 0 Å². The van der Waals surface area contributed by atoms with Crippen molar-refractivity contribution >= 4 is 5.91 Å². The van der Waals surface area contributed by atoms with E-state index in [0.29, 0.717) is 12.1 Å². The average molecular weight is 253 g/mol. The van der Waals surface area contributed by atoms with Gasteiger partial charge in [0.15, 0.2) is 11.5 Å². The average Bonchev–Trinajstić information content (AvgIpc) is 2.37. The Hall–Kier alpha value is -1.75. The number of aliphatic hydroxyl groups excluding tert-OH is 1. The van der Waals surface area contributed by atoms with E-state index in [-0.39, 0.29) is 29.9 Å². The maximum Gasteiger partial charge on any atom is 0.251 e. The molecule has 18 heavy (non-hydrogen) atoms. The lowest BCUT2D eigenvalue weighted by Crippen LogP contribution is -2.24. The number of aromatic hydroxyl groups is 2. The molecule has 1 aromatic carbocycles. The fourth-order valence-electron chi connectivity index (χ4n) is 1.51. The second kappa shape index (κ2) is 6.86. The van der Waals surface area contributed by atoms with Crippen molar-refractivity contribution in [1.82, 2.24) is 5.32 Å². The van der Waals surface area contributed by atoms with Crippen LogP contribution in [0.2, 0.25) is 0 Å². The van der Waals surface area contributed by atoms with Gasteiger partial charge in [-0.3, -0.25) is 4.79 Å². The van der Waals surface area contributed by atoms with E-state index in [2.05, 4.69) is 5.32 Å². The van der Waals surface area contributed by atoms with Crippen LogP contribution in [0.1, 0.15) is 30.1 Å². The summed E-state index contributed by atoms with van der Waals surface area (Å²) in [6.45, 7) is 2.62. The highest BCUT2D eigenvalue weighted by Crippen LogP contribution is 2.24. The first-order valence-electron chi connectivity index (χ1n) is 5.95. The summed E-state index contributed by atoms with van der Waals surface area (Å²) in [6, 6.07) is 3.94. The van der Waals surface area contributed by atoms with Crippen LogP contribution in [0, 0.1) is 5.92 Å². The number of carbonyl (C=O) groups excluding carboxylic acids is 1. The number of nitrogens with one attached hydrogen (secondary N) is 1. The van der Waals surface area contributed by atoms with Gasteiger partial charge in [-0.25, -0.2) is 0 Å². The third kappa shape index (κ3) is 4.25. The number of phenols is 2. The van der Waals surface area contributed by atoms with Crippen LogP contribution in [0.15, 0.2) is 18.2 Å². The highest BCUT2D eigenvalue weighted by atomic mass is 16.3. The van der Waals surface area contributed by atoms with Gasteiger partial charge in [-0.05, 0) is 37.0 Å². The van der Waals surface area contributed by atoms with E-state index in [1.54, 1.807) is 0 Å². The summed E-state index contributed by atoms with van der Waals surface area (Å²) in [6.07, 6.45) is 1.63. The quantitative estimate of drug-likeness (QED) is 0.453. The minimum Gasteiger partial charge on any atom is -0.504 e. The van der Waals surface area contributed by atoms with Crippen LogP contribution < -0.4 is 5.32 Å². The van der Waals surface area contributed by atoms with Crippen LogP contribution in [0.3, 0.4) is 0 Å².